The molecule has 0 heterocycles. The molecule has 0 aromatic heterocycles. The Morgan fingerprint density at radius 2 is 2.06 bits per heavy atom. The van der Waals surface area contributed by atoms with Gasteiger partial charge in [0.2, 0.25) is 5.91 Å². The summed E-state index contributed by atoms with van der Waals surface area (Å²) in [5.41, 5.74) is 0.764. The highest BCUT2D eigenvalue weighted by molar-refractivity contribution is 5.91. The minimum Gasteiger partial charge on any atom is -0.374 e. The van der Waals surface area contributed by atoms with Gasteiger partial charge in [-0.15, -0.1) is 6.58 Å². The molecule has 3 heteroatoms. The molecule has 104 valence electrons. The molecule has 0 saturated heterocycles. The van der Waals surface area contributed by atoms with E-state index < -0.39 is 0 Å². The van der Waals surface area contributed by atoms with E-state index in [9.17, 15) is 4.79 Å². The fraction of sp³-hybridized carbons (Fsp3) is 0.667. The summed E-state index contributed by atoms with van der Waals surface area (Å²) in [5.74, 6) is -0.0926. The van der Waals surface area contributed by atoms with Crippen LogP contribution in [0, 0.1) is 5.41 Å². The Bertz CT molecular complexity index is 289. The van der Waals surface area contributed by atoms with Crippen molar-refractivity contribution in [3.8, 4) is 0 Å². The van der Waals surface area contributed by atoms with Crippen LogP contribution in [0.4, 0.5) is 0 Å². The van der Waals surface area contributed by atoms with Gasteiger partial charge in [-0.25, -0.2) is 0 Å². The van der Waals surface area contributed by atoms with E-state index in [0.29, 0.717) is 18.7 Å². The highest BCUT2D eigenvalue weighted by atomic mass is 16.5. The fourth-order valence-electron chi connectivity index (χ4n) is 1.47. The first-order valence-electron chi connectivity index (χ1n) is 6.44. The largest absolute Gasteiger partial charge is 0.374 e. The van der Waals surface area contributed by atoms with E-state index in [0.717, 1.165) is 12.8 Å². The van der Waals surface area contributed by atoms with Gasteiger partial charge in [0.25, 0.3) is 0 Å². The molecule has 0 saturated carbocycles. The summed E-state index contributed by atoms with van der Waals surface area (Å²) in [6.45, 7) is 16.9. The number of amides is 1. The van der Waals surface area contributed by atoms with Crippen molar-refractivity contribution in [2.45, 2.75) is 46.6 Å². The molecule has 1 N–H and O–H groups in total. The van der Waals surface area contributed by atoms with E-state index in [-0.39, 0.29) is 17.4 Å². The lowest BCUT2D eigenvalue weighted by Crippen LogP contribution is -2.26. The van der Waals surface area contributed by atoms with E-state index in [1.165, 1.54) is 0 Å². The molecule has 0 aromatic rings. The first kappa shape index (κ1) is 16.9. The summed E-state index contributed by atoms with van der Waals surface area (Å²) in [5, 5.41) is 2.78. The zero-order valence-corrected chi connectivity index (χ0v) is 12.2. The number of carbonyl (C=O) groups is 1. The van der Waals surface area contributed by atoms with Gasteiger partial charge in [-0.2, -0.15) is 0 Å². The van der Waals surface area contributed by atoms with Gasteiger partial charge in [0.15, 0.2) is 0 Å². The summed E-state index contributed by atoms with van der Waals surface area (Å²) in [6, 6.07) is 0. The SMILES string of the molecule is C=CC(CC(C)(C)C)OCCCNC(=O)C(=C)C. The van der Waals surface area contributed by atoms with Crippen LogP contribution < -0.4 is 5.32 Å². The normalized spacial score (nSPS) is 12.9. The van der Waals surface area contributed by atoms with Crippen LogP contribution in [0.5, 0.6) is 0 Å². The van der Waals surface area contributed by atoms with Crippen molar-refractivity contribution >= 4 is 5.91 Å². The summed E-state index contributed by atoms with van der Waals surface area (Å²) < 4.78 is 5.72. The number of hydrogen-bond acceptors (Lipinski definition) is 2. The van der Waals surface area contributed by atoms with Crippen LogP contribution in [0.25, 0.3) is 0 Å². The Labute approximate surface area is 111 Å². The average Bonchev–Trinajstić information content (AvgIpc) is 2.24. The molecular formula is C15H27NO2. The molecule has 18 heavy (non-hydrogen) atoms. The number of hydrogen-bond donors (Lipinski definition) is 1. The topological polar surface area (TPSA) is 38.3 Å². The fourth-order valence-corrected chi connectivity index (χ4v) is 1.47. The van der Waals surface area contributed by atoms with Crippen LogP contribution in [0.2, 0.25) is 0 Å². The molecule has 0 aliphatic rings. The van der Waals surface area contributed by atoms with Crippen molar-refractivity contribution < 1.29 is 9.53 Å². The van der Waals surface area contributed by atoms with Crippen molar-refractivity contribution in [3.63, 3.8) is 0 Å². The zero-order chi connectivity index (χ0) is 14.2. The van der Waals surface area contributed by atoms with E-state index in [1.54, 1.807) is 6.92 Å². The van der Waals surface area contributed by atoms with Crippen LogP contribution in [0.1, 0.15) is 40.5 Å². The summed E-state index contributed by atoms with van der Waals surface area (Å²) >= 11 is 0. The third-order valence-electron chi connectivity index (χ3n) is 2.40. The monoisotopic (exact) mass is 253 g/mol. The maximum atomic E-state index is 11.2. The first-order chi connectivity index (χ1) is 8.26. The molecule has 1 amide bonds. The Morgan fingerprint density at radius 3 is 2.50 bits per heavy atom. The minimum absolute atomic E-state index is 0.0850. The van der Waals surface area contributed by atoms with Crippen molar-refractivity contribution in [1.82, 2.24) is 5.32 Å². The number of rotatable bonds is 8. The number of carbonyl (C=O) groups excluding carboxylic acids is 1. The van der Waals surface area contributed by atoms with Crippen molar-refractivity contribution in [2.24, 2.45) is 5.41 Å². The highest BCUT2D eigenvalue weighted by Gasteiger charge is 2.16. The van der Waals surface area contributed by atoms with E-state index >= 15 is 0 Å². The van der Waals surface area contributed by atoms with Gasteiger partial charge in [0.05, 0.1) is 6.10 Å². The lowest BCUT2D eigenvalue weighted by atomic mass is 9.89. The minimum atomic E-state index is -0.0926. The predicted molar refractivity (Wildman–Crippen MR) is 76.4 cm³/mol. The zero-order valence-electron chi connectivity index (χ0n) is 12.2. The maximum Gasteiger partial charge on any atom is 0.246 e. The molecular weight excluding hydrogens is 226 g/mol. The molecule has 0 aliphatic carbocycles. The second kappa shape index (κ2) is 8.09. The van der Waals surface area contributed by atoms with Crippen LogP contribution in [-0.4, -0.2) is 25.2 Å². The molecule has 1 unspecified atom stereocenters. The Balaban J connectivity index is 3.73. The second-order valence-corrected chi connectivity index (χ2v) is 5.80. The quantitative estimate of drug-likeness (QED) is 0.410. The van der Waals surface area contributed by atoms with Gasteiger partial charge in [-0.05, 0) is 25.2 Å². The van der Waals surface area contributed by atoms with E-state index in [4.69, 9.17) is 4.74 Å². The smallest absolute Gasteiger partial charge is 0.246 e. The second-order valence-electron chi connectivity index (χ2n) is 5.80. The molecule has 1 atom stereocenters. The Kier molecular flexibility index (Phi) is 7.60. The molecule has 0 bridgehead atoms. The summed E-state index contributed by atoms with van der Waals surface area (Å²) in [7, 11) is 0. The third kappa shape index (κ3) is 8.99. The van der Waals surface area contributed by atoms with E-state index in [1.807, 2.05) is 6.08 Å². The van der Waals surface area contributed by atoms with E-state index in [2.05, 4.69) is 39.2 Å². The first-order valence-corrected chi connectivity index (χ1v) is 6.44. The molecule has 0 aliphatic heterocycles. The lowest BCUT2D eigenvalue weighted by molar-refractivity contribution is -0.117. The summed E-state index contributed by atoms with van der Waals surface area (Å²) in [6.07, 6.45) is 3.68. The standard InChI is InChI=1S/C15H27NO2/c1-7-13(11-15(4,5)6)18-10-8-9-16-14(17)12(2)3/h7,13H,1-2,8-11H2,3-6H3,(H,16,17). The van der Waals surface area contributed by atoms with Gasteiger partial charge < -0.3 is 10.1 Å². The number of ether oxygens (including phenoxy) is 1. The van der Waals surface area contributed by atoms with Crippen LogP contribution in [-0.2, 0) is 9.53 Å². The maximum absolute atomic E-state index is 11.2. The van der Waals surface area contributed by atoms with Gasteiger partial charge in [0, 0.05) is 18.7 Å². The Hall–Kier alpha value is -1.09. The van der Waals surface area contributed by atoms with Gasteiger partial charge in [0.1, 0.15) is 0 Å². The predicted octanol–water partition coefficient (Wildman–Crippen LogP) is 3.08. The van der Waals surface area contributed by atoms with Crippen molar-refractivity contribution in [2.75, 3.05) is 13.2 Å². The lowest BCUT2D eigenvalue weighted by Gasteiger charge is -2.24. The van der Waals surface area contributed by atoms with Gasteiger partial charge in [-0.3, -0.25) is 4.79 Å². The molecule has 0 radical (unpaired) electrons. The highest BCUT2D eigenvalue weighted by Crippen LogP contribution is 2.22. The van der Waals surface area contributed by atoms with Crippen LogP contribution >= 0.6 is 0 Å². The van der Waals surface area contributed by atoms with Gasteiger partial charge in [-0.1, -0.05) is 33.4 Å². The van der Waals surface area contributed by atoms with Crippen LogP contribution in [0.3, 0.4) is 0 Å². The number of nitrogens with one attached hydrogen (secondary N) is 1. The third-order valence-corrected chi connectivity index (χ3v) is 2.40. The van der Waals surface area contributed by atoms with Crippen LogP contribution in [0.15, 0.2) is 24.8 Å². The molecule has 0 fully saturated rings. The summed E-state index contributed by atoms with van der Waals surface area (Å²) in [4.78, 5) is 11.2. The average molecular weight is 253 g/mol. The Morgan fingerprint density at radius 1 is 1.44 bits per heavy atom. The molecule has 3 nitrogen and oxygen atoms in total. The molecule has 0 spiro atoms. The molecule has 0 aromatic carbocycles. The van der Waals surface area contributed by atoms with Gasteiger partial charge >= 0.3 is 0 Å². The van der Waals surface area contributed by atoms with Crippen molar-refractivity contribution in [1.29, 1.82) is 0 Å². The van der Waals surface area contributed by atoms with Crippen molar-refractivity contribution in [3.05, 3.63) is 24.8 Å². The molecule has 0 rings (SSSR count).